The van der Waals surface area contributed by atoms with E-state index in [-0.39, 0.29) is 0 Å². The van der Waals surface area contributed by atoms with E-state index in [1.807, 2.05) is 0 Å². The first-order chi connectivity index (χ1) is 8.60. The molecule has 2 heteroatoms. The summed E-state index contributed by atoms with van der Waals surface area (Å²) < 4.78 is 6.05. The van der Waals surface area contributed by atoms with Gasteiger partial charge in [0.15, 0.2) is 0 Å². The van der Waals surface area contributed by atoms with Gasteiger partial charge in [0.05, 0.1) is 18.2 Å². The Morgan fingerprint density at radius 1 is 1.22 bits per heavy atom. The molecule has 1 aromatic carbocycles. The molecule has 100 valence electrons. The van der Waals surface area contributed by atoms with E-state index in [9.17, 15) is 0 Å². The van der Waals surface area contributed by atoms with Crippen molar-refractivity contribution in [3.05, 3.63) is 34.9 Å². The van der Waals surface area contributed by atoms with E-state index in [1.165, 1.54) is 23.1 Å². The van der Waals surface area contributed by atoms with Gasteiger partial charge in [-0.3, -0.25) is 0 Å². The van der Waals surface area contributed by atoms with Crippen LogP contribution in [0.5, 0.6) is 0 Å². The summed E-state index contributed by atoms with van der Waals surface area (Å²) in [7, 11) is 0. The molecule has 3 unspecified atom stereocenters. The Hall–Kier alpha value is -0.860. The largest absolute Gasteiger partial charge is 0.373 e. The molecule has 1 heterocycles. The van der Waals surface area contributed by atoms with E-state index in [4.69, 9.17) is 4.74 Å². The summed E-state index contributed by atoms with van der Waals surface area (Å²) in [5.74, 6) is 0. The van der Waals surface area contributed by atoms with Crippen molar-refractivity contribution in [3.63, 3.8) is 0 Å². The van der Waals surface area contributed by atoms with Crippen LogP contribution in [-0.2, 0) is 4.74 Å². The highest BCUT2D eigenvalue weighted by Gasteiger charge is 2.30. The van der Waals surface area contributed by atoms with Crippen molar-refractivity contribution in [2.24, 2.45) is 0 Å². The number of hydrogen-bond donors (Lipinski definition) is 1. The summed E-state index contributed by atoms with van der Waals surface area (Å²) in [6.07, 6.45) is 3.06. The average Bonchev–Trinajstić information content (AvgIpc) is 2.71. The lowest BCUT2D eigenvalue weighted by atomic mass is 9.96. The monoisotopic (exact) mass is 247 g/mol. The molecule has 0 saturated carbocycles. The fraction of sp³-hybridized carbons (Fsp3) is 0.625. The van der Waals surface area contributed by atoms with Crippen LogP contribution < -0.4 is 5.32 Å². The van der Waals surface area contributed by atoms with Crippen LogP contribution in [0.1, 0.15) is 49.4 Å². The predicted octanol–water partition coefficient (Wildman–Crippen LogP) is 3.52. The average molecular weight is 247 g/mol. The molecule has 2 nitrogen and oxygen atoms in total. The van der Waals surface area contributed by atoms with Crippen molar-refractivity contribution in [2.75, 3.05) is 6.54 Å². The maximum atomic E-state index is 6.05. The third kappa shape index (κ3) is 3.12. The standard InChI is InChI=1S/C16H25NO/c1-5-17-16(15-7-6-13(4)18-15)14-9-11(2)8-12(3)10-14/h8-10,13,15-17H,5-7H2,1-4H3. The minimum Gasteiger partial charge on any atom is -0.373 e. The van der Waals surface area contributed by atoms with Crippen LogP contribution >= 0.6 is 0 Å². The SMILES string of the molecule is CCNC(c1cc(C)cc(C)c1)C1CCC(C)O1. The highest BCUT2D eigenvalue weighted by Crippen LogP contribution is 2.30. The van der Waals surface area contributed by atoms with Crippen LogP contribution in [0.3, 0.4) is 0 Å². The minimum absolute atomic E-state index is 0.321. The van der Waals surface area contributed by atoms with E-state index < -0.39 is 0 Å². The topological polar surface area (TPSA) is 21.3 Å². The summed E-state index contributed by atoms with van der Waals surface area (Å²) in [5, 5.41) is 3.59. The summed E-state index contributed by atoms with van der Waals surface area (Å²) in [4.78, 5) is 0. The highest BCUT2D eigenvalue weighted by molar-refractivity contribution is 5.31. The Morgan fingerprint density at radius 3 is 2.39 bits per heavy atom. The molecule has 1 N–H and O–H groups in total. The van der Waals surface area contributed by atoms with Crippen molar-refractivity contribution in [3.8, 4) is 0 Å². The van der Waals surface area contributed by atoms with Gasteiger partial charge in [0, 0.05) is 0 Å². The van der Waals surface area contributed by atoms with Gasteiger partial charge in [-0.05, 0) is 45.7 Å². The second kappa shape index (κ2) is 5.85. The first-order valence-corrected chi connectivity index (χ1v) is 7.07. The highest BCUT2D eigenvalue weighted by atomic mass is 16.5. The maximum absolute atomic E-state index is 6.05. The van der Waals surface area contributed by atoms with E-state index in [0.29, 0.717) is 18.2 Å². The van der Waals surface area contributed by atoms with Gasteiger partial charge in [-0.25, -0.2) is 0 Å². The Labute approximate surface area is 111 Å². The van der Waals surface area contributed by atoms with E-state index in [1.54, 1.807) is 0 Å². The second-order valence-electron chi connectivity index (χ2n) is 5.52. The van der Waals surface area contributed by atoms with E-state index >= 15 is 0 Å². The first kappa shape index (κ1) is 13.6. The van der Waals surface area contributed by atoms with Crippen LogP contribution in [-0.4, -0.2) is 18.8 Å². The maximum Gasteiger partial charge on any atom is 0.0774 e. The van der Waals surface area contributed by atoms with Crippen molar-refractivity contribution in [1.29, 1.82) is 0 Å². The van der Waals surface area contributed by atoms with Gasteiger partial charge < -0.3 is 10.1 Å². The van der Waals surface area contributed by atoms with Gasteiger partial charge in [-0.1, -0.05) is 36.2 Å². The predicted molar refractivity (Wildman–Crippen MR) is 75.9 cm³/mol. The van der Waals surface area contributed by atoms with Crippen molar-refractivity contribution < 1.29 is 4.74 Å². The van der Waals surface area contributed by atoms with Gasteiger partial charge in [0.1, 0.15) is 0 Å². The molecule has 1 aliphatic rings. The number of rotatable bonds is 4. The Kier molecular flexibility index (Phi) is 4.41. The third-order valence-electron chi connectivity index (χ3n) is 3.66. The number of ether oxygens (including phenoxy) is 1. The summed E-state index contributed by atoms with van der Waals surface area (Å²) in [6, 6.07) is 7.13. The van der Waals surface area contributed by atoms with Crippen LogP contribution in [0.2, 0.25) is 0 Å². The van der Waals surface area contributed by atoms with Crippen LogP contribution in [0, 0.1) is 13.8 Å². The molecule has 3 atom stereocenters. The molecule has 1 aromatic rings. The lowest BCUT2D eigenvalue weighted by molar-refractivity contribution is 0.0319. The van der Waals surface area contributed by atoms with Crippen molar-refractivity contribution in [2.45, 2.75) is 58.8 Å². The lowest BCUT2D eigenvalue weighted by Crippen LogP contribution is -2.32. The van der Waals surface area contributed by atoms with E-state index in [0.717, 1.165) is 13.0 Å². The zero-order valence-corrected chi connectivity index (χ0v) is 12.0. The molecular weight excluding hydrogens is 222 g/mol. The molecule has 18 heavy (non-hydrogen) atoms. The molecule has 0 aliphatic carbocycles. The molecule has 1 fully saturated rings. The number of benzene rings is 1. The smallest absolute Gasteiger partial charge is 0.0774 e. The number of nitrogens with one attached hydrogen (secondary N) is 1. The normalized spacial score (nSPS) is 25.3. The van der Waals surface area contributed by atoms with Crippen LogP contribution in [0.15, 0.2) is 18.2 Å². The first-order valence-electron chi connectivity index (χ1n) is 7.07. The molecule has 0 radical (unpaired) electrons. The third-order valence-corrected chi connectivity index (χ3v) is 3.66. The molecule has 0 aromatic heterocycles. The molecule has 0 spiro atoms. The summed E-state index contributed by atoms with van der Waals surface area (Å²) in [6.45, 7) is 9.64. The number of likely N-dealkylation sites (N-methyl/N-ethyl adjacent to an activating group) is 1. The van der Waals surface area contributed by atoms with Gasteiger partial charge in [0.2, 0.25) is 0 Å². The number of aryl methyl sites for hydroxylation is 2. The Balaban J connectivity index is 2.23. The summed E-state index contributed by atoms with van der Waals surface area (Å²) in [5.41, 5.74) is 4.03. The minimum atomic E-state index is 0.321. The molecule has 1 saturated heterocycles. The summed E-state index contributed by atoms with van der Waals surface area (Å²) >= 11 is 0. The molecule has 2 rings (SSSR count). The van der Waals surface area contributed by atoms with Gasteiger partial charge in [-0.15, -0.1) is 0 Å². The molecule has 0 bridgehead atoms. The van der Waals surface area contributed by atoms with E-state index in [2.05, 4.69) is 51.2 Å². The zero-order chi connectivity index (χ0) is 13.1. The van der Waals surface area contributed by atoms with Gasteiger partial charge >= 0.3 is 0 Å². The van der Waals surface area contributed by atoms with Gasteiger partial charge in [-0.2, -0.15) is 0 Å². The van der Waals surface area contributed by atoms with Crippen LogP contribution in [0.25, 0.3) is 0 Å². The Morgan fingerprint density at radius 2 is 1.89 bits per heavy atom. The molecule has 1 aliphatic heterocycles. The van der Waals surface area contributed by atoms with Crippen molar-refractivity contribution in [1.82, 2.24) is 5.32 Å². The molecule has 0 amide bonds. The quantitative estimate of drug-likeness (QED) is 0.879. The Bertz CT molecular complexity index is 382. The molecular formula is C16H25NO. The second-order valence-corrected chi connectivity index (χ2v) is 5.52. The lowest BCUT2D eigenvalue weighted by Gasteiger charge is -2.25. The fourth-order valence-electron chi connectivity index (χ4n) is 2.95. The fourth-order valence-corrected chi connectivity index (χ4v) is 2.95. The van der Waals surface area contributed by atoms with Crippen LogP contribution in [0.4, 0.5) is 0 Å². The zero-order valence-electron chi connectivity index (χ0n) is 12.0. The van der Waals surface area contributed by atoms with Crippen molar-refractivity contribution >= 4 is 0 Å². The van der Waals surface area contributed by atoms with Gasteiger partial charge in [0.25, 0.3) is 0 Å². The number of hydrogen-bond acceptors (Lipinski definition) is 2.